The van der Waals surface area contributed by atoms with E-state index in [0.29, 0.717) is 5.16 Å². The van der Waals surface area contributed by atoms with Crippen LogP contribution >= 0.6 is 11.6 Å². The fraction of sp³-hybridized carbons (Fsp3) is 0.611. The molecular formula is C18H32ClN. The highest BCUT2D eigenvalue weighted by Crippen LogP contribution is 2.27. The summed E-state index contributed by atoms with van der Waals surface area (Å²) in [6, 6.07) is 0. The van der Waals surface area contributed by atoms with Crippen molar-refractivity contribution >= 4 is 17.3 Å². The lowest BCUT2D eigenvalue weighted by atomic mass is 9.99. The first-order valence-electron chi connectivity index (χ1n) is 7.69. The molecule has 1 nitrogen and oxygen atoms in total. The van der Waals surface area contributed by atoms with Crippen LogP contribution in [0.4, 0.5) is 0 Å². The smallest absolute Gasteiger partial charge is 0.136 e. The van der Waals surface area contributed by atoms with Crippen molar-refractivity contribution < 1.29 is 0 Å². The van der Waals surface area contributed by atoms with E-state index in [1.807, 2.05) is 27.7 Å². The normalized spacial score (nSPS) is 13.2. The lowest BCUT2D eigenvalue weighted by Gasteiger charge is -2.11. The zero-order valence-electron chi connectivity index (χ0n) is 14.6. The lowest BCUT2D eigenvalue weighted by molar-refractivity contribution is 0.949. The van der Waals surface area contributed by atoms with Crippen LogP contribution < -0.4 is 0 Å². The first-order chi connectivity index (χ1) is 9.43. The van der Waals surface area contributed by atoms with Crippen LogP contribution in [0, 0.1) is 0 Å². The predicted molar refractivity (Wildman–Crippen MR) is 95.7 cm³/mol. The van der Waals surface area contributed by atoms with Gasteiger partial charge >= 0.3 is 0 Å². The van der Waals surface area contributed by atoms with Crippen LogP contribution in [0.15, 0.2) is 39.0 Å². The van der Waals surface area contributed by atoms with Crippen molar-refractivity contribution in [3.8, 4) is 0 Å². The topological polar surface area (TPSA) is 12.4 Å². The largest absolute Gasteiger partial charge is 0.245 e. The molecule has 0 rings (SSSR count). The van der Waals surface area contributed by atoms with Crippen molar-refractivity contribution in [2.45, 2.75) is 74.7 Å². The monoisotopic (exact) mass is 297 g/mol. The third-order valence-electron chi connectivity index (χ3n) is 2.57. The summed E-state index contributed by atoms with van der Waals surface area (Å²) in [4.78, 5) is 4.39. The fourth-order valence-corrected chi connectivity index (χ4v) is 2.23. The molecule has 0 N–H and O–H groups in total. The summed E-state index contributed by atoms with van der Waals surface area (Å²) >= 11 is 6.36. The van der Waals surface area contributed by atoms with Gasteiger partial charge in [-0.05, 0) is 51.7 Å². The van der Waals surface area contributed by atoms with Crippen molar-refractivity contribution in [3.05, 3.63) is 34.0 Å². The van der Waals surface area contributed by atoms with Crippen molar-refractivity contribution in [3.63, 3.8) is 0 Å². The summed E-state index contributed by atoms with van der Waals surface area (Å²) < 4.78 is 0. The second-order valence-electron chi connectivity index (χ2n) is 4.70. The van der Waals surface area contributed by atoms with Crippen LogP contribution in [0.2, 0.25) is 0 Å². The molecule has 0 aromatic carbocycles. The SMILES string of the molecule is CC.CC\C=C(C)/C(C(/C)=C/CCC)=C(\Cl)N=C(C)C. The number of unbranched alkanes of at least 4 members (excludes halogenated alkanes) is 1. The molecule has 2 heteroatoms. The number of aliphatic imine (C=N–C) groups is 1. The van der Waals surface area contributed by atoms with Gasteiger partial charge in [-0.3, -0.25) is 0 Å². The summed E-state index contributed by atoms with van der Waals surface area (Å²) in [5.74, 6) is 0. The first kappa shape index (κ1) is 21.5. The van der Waals surface area contributed by atoms with Crippen molar-refractivity contribution in [1.29, 1.82) is 0 Å². The van der Waals surface area contributed by atoms with E-state index in [-0.39, 0.29) is 0 Å². The second kappa shape index (κ2) is 13.2. The van der Waals surface area contributed by atoms with Gasteiger partial charge in [0.15, 0.2) is 0 Å². The highest BCUT2D eigenvalue weighted by atomic mass is 35.5. The minimum absolute atomic E-state index is 0.599. The van der Waals surface area contributed by atoms with Gasteiger partial charge in [0.25, 0.3) is 0 Å². The number of hydrogen-bond donors (Lipinski definition) is 0. The van der Waals surface area contributed by atoms with Gasteiger partial charge in [0.05, 0.1) is 0 Å². The van der Waals surface area contributed by atoms with E-state index in [9.17, 15) is 0 Å². The molecule has 0 atom stereocenters. The molecule has 0 saturated carbocycles. The molecule has 0 aliphatic heterocycles. The van der Waals surface area contributed by atoms with Crippen molar-refractivity contribution in [2.75, 3.05) is 0 Å². The number of nitrogens with zero attached hydrogens (tertiary/aromatic N) is 1. The minimum Gasteiger partial charge on any atom is -0.245 e. The predicted octanol–water partition coefficient (Wildman–Crippen LogP) is 7.05. The molecule has 116 valence electrons. The van der Waals surface area contributed by atoms with Crippen LogP contribution in [0.1, 0.15) is 74.7 Å². The number of allylic oxidation sites excluding steroid dienone is 5. The molecule has 0 saturated heterocycles. The Morgan fingerprint density at radius 1 is 0.950 bits per heavy atom. The molecule has 0 aliphatic rings. The lowest BCUT2D eigenvalue weighted by Crippen LogP contribution is -1.93. The van der Waals surface area contributed by atoms with E-state index >= 15 is 0 Å². The van der Waals surface area contributed by atoms with Gasteiger partial charge in [0, 0.05) is 11.3 Å². The minimum atomic E-state index is 0.599. The molecule has 0 bridgehead atoms. The van der Waals surface area contributed by atoms with Gasteiger partial charge in [0.1, 0.15) is 5.16 Å². The van der Waals surface area contributed by atoms with Gasteiger partial charge in [-0.15, -0.1) is 0 Å². The molecule has 0 radical (unpaired) electrons. The summed E-state index contributed by atoms with van der Waals surface area (Å²) in [6.07, 6.45) is 7.67. The maximum Gasteiger partial charge on any atom is 0.136 e. The Morgan fingerprint density at radius 2 is 1.45 bits per heavy atom. The number of halogens is 1. The van der Waals surface area contributed by atoms with Gasteiger partial charge in [-0.25, -0.2) is 4.99 Å². The summed E-state index contributed by atoms with van der Waals surface area (Å²) in [6.45, 7) is 16.5. The van der Waals surface area contributed by atoms with Crippen molar-refractivity contribution in [1.82, 2.24) is 0 Å². The average Bonchev–Trinajstić information content (AvgIpc) is 2.38. The third-order valence-corrected chi connectivity index (χ3v) is 2.84. The second-order valence-corrected chi connectivity index (χ2v) is 5.05. The molecule has 0 aromatic heterocycles. The quantitative estimate of drug-likeness (QED) is 0.283. The van der Waals surface area contributed by atoms with E-state index in [2.05, 4.69) is 44.8 Å². The van der Waals surface area contributed by atoms with E-state index < -0.39 is 0 Å². The Kier molecular flexibility index (Phi) is 14.2. The molecule has 0 fully saturated rings. The Bertz CT molecular complexity index is 380. The summed E-state index contributed by atoms with van der Waals surface area (Å²) in [5.41, 5.74) is 4.48. The molecule has 20 heavy (non-hydrogen) atoms. The van der Waals surface area contributed by atoms with Crippen LogP contribution in [0.5, 0.6) is 0 Å². The van der Waals surface area contributed by atoms with Crippen LogP contribution in [0.3, 0.4) is 0 Å². The van der Waals surface area contributed by atoms with Gasteiger partial charge in [0.2, 0.25) is 0 Å². The fourth-order valence-electron chi connectivity index (χ4n) is 1.76. The van der Waals surface area contributed by atoms with E-state index in [1.165, 1.54) is 11.1 Å². The van der Waals surface area contributed by atoms with Crippen LogP contribution in [0.25, 0.3) is 0 Å². The van der Waals surface area contributed by atoms with Gasteiger partial charge in [-0.2, -0.15) is 0 Å². The molecule has 0 unspecified atom stereocenters. The first-order valence-corrected chi connectivity index (χ1v) is 8.07. The van der Waals surface area contributed by atoms with E-state index in [1.54, 1.807) is 0 Å². The molecule has 0 aliphatic carbocycles. The Balaban J connectivity index is 0. The zero-order chi connectivity index (χ0) is 16.1. The molecule has 0 aromatic rings. The molecule has 0 amide bonds. The van der Waals surface area contributed by atoms with Gasteiger partial charge < -0.3 is 0 Å². The Morgan fingerprint density at radius 3 is 1.85 bits per heavy atom. The van der Waals surface area contributed by atoms with Crippen molar-refractivity contribution in [2.24, 2.45) is 4.99 Å². The molecule has 0 heterocycles. The third kappa shape index (κ3) is 9.14. The number of rotatable bonds is 6. The molecular weight excluding hydrogens is 266 g/mol. The maximum atomic E-state index is 6.36. The summed E-state index contributed by atoms with van der Waals surface area (Å²) in [7, 11) is 0. The standard InChI is InChI=1S/C16H26ClN.C2H6/c1-7-9-11-14(6)15(13(5)10-8-2)16(17)18-12(3)4;1-2/h10-11H,7-9H2,1-6H3;1-2H3/b13-10-,14-11+,16-15-;. The number of hydrogen-bond acceptors (Lipinski definition) is 1. The van der Waals surface area contributed by atoms with Crippen LogP contribution in [-0.2, 0) is 0 Å². The maximum absolute atomic E-state index is 6.36. The van der Waals surface area contributed by atoms with Crippen LogP contribution in [-0.4, -0.2) is 5.71 Å². The summed E-state index contributed by atoms with van der Waals surface area (Å²) in [5, 5.41) is 0.599. The van der Waals surface area contributed by atoms with Gasteiger partial charge in [-0.1, -0.05) is 57.9 Å². The van der Waals surface area contributed by atoms with E-state index in [4.69, 9.17) is 11.6 Å². The highest BCUT2D eigenvalue weighted by Gasteiger charge is 2.08. The Labute approximate surface area is 131 Å². The Hall–Kier alpha value is -0.820. The highest BCUT2D eigenvalue weighted by molar-refractivity contribution is 6.30. The average molecular weight is 298 g/mol. The zero-order valence-corrected chi connectivity index (χ0v) is 15.4. The molecule has 0 spiro atoms. The van der Waals surface area contributed by atoms with E-state index in [0.717, 1.165) is 30.5 Å².